The second kappa shape index (κ2) is 11.7. The van der Waals surface area contributed by atoms with Gasteiger partial charge in [0.05, 0.1) is 32.0 Å². The van der Waals surface area contributed by atoms with Crippen LogP contribution in [0.4, 0.5) is 0 Å². The zero-order chi connectivity index (χ0) is 28.9. The summed E-state index contributed by atoms with van der Waals surface area (Å²) in [4.78, 5) is 12.4. The number of nitrogens with zero attached hydrogens (tertiary/aromatic N) is 1. The molecule has 0 bridgehead atoms. The van der Waals surface area contributed by atoms with E-state index in [1.807, 2.05) is 0 Å². The molecule has 5 fully saturated rings. The number of rotatable bonds is 8. The zero-order valence-corrected chi connectivity index (χ0v) is 25.9. The average Bonchev–Trinajstić information content (AvgIpc) is 3.27. The fraction of sp³-hybridized carbons (Fsp3) is 0.968. The first-order valence-electron chi connectivity index (χ1n) is 16.0. The Morgan fingerprint density at radius 2 is 1.70 bits per heavy atom. The van der Waals surface area contributed by atoms with Crippen molar-refractivity contribution in [3.63, 3.8) is 0 Å². The largest absolute Gasteiger partial charge is 0.465 e. The number of aliphatic hydroxyl groups excluding tert-OH is 2. The first-order chi connectivity index (χ1) is 18.9. The Morgan fingerprint density at radius 1 is 1.02 bits per heavy atom. The lowest BCUT2D eigenvalue weighted by atomic mass is 9.41. The summed E-state index contributed by atoms with van der Waals surface area (Å²) in [6.45, 7) is 10.9. The number of ether oxygens (including phenoxy) is 2. The normalized spacial score (nSPS) is 44.8. The maximum atomic E-state index is 12.6. The highest BCUT2D eigenvalue weighted by molar-refractivity contribution is 7.89. The van der Waals surface area contributed by atoms with Crippen LogP contribution in [0.15, 0.2) is 0 Å². The number of sulfonamides is 1. The van der Waals surface area contributed by atoms with Gasteiger partial charge < -0.3 is 19.7 Å². The summed E-state index contributed by atoms with van der Waals surface area (Å²) < 4.78 is 37.1. The number of esters is 1. The van der Waals surface area contributed by atoms with Crippen LogP contribution in [0.1, 0.15) is 85.5 Å². The van der Waals surface area contributed by atoms with E-state index in [1.165, 1.54) is 10.7 Å². The molecule has 8 nitrogen and oxygen atoms in total. The van der Waals surface area contributed by atoms with Crippen LogP contribution in [-0.2, 0) is 24.3 Å². The maximum absolute atomic E-state index is 12.6. The molecule has 1 heterocycles. The summed E-state index contributed by atoms with van der Waals surface area (Å²) >= 11 is 0. The second-order valence-corrected chi connectivity index (χ2v) is 16.3. The fourth-order valence-corrected chi connectivity index (χ4v) is 11.9. The molecule has 1 aliphatic heterocycles. The van der Waals surface area contributed by atoms with E-state index < -0.39 is 21.7 Å². The number of morpholine rings is 1. The molecule has 0 unspecified atom stereocenters. The van der Waals surface area contributed by atoms with Crippen LogP contribution in [0.3, 0.4) is 0 Å². The molecular formula is C31H53NO7S. The summed E-state index contributed by atoms with van der Waals surface area (Å²) in [7, 11) is -3.67. The minimum absolute atomic E-state index is 0.154. The van der Waals surface area contributed by atoms with E-state index >= 15 is 0 Å². The van der Waals surface area contributed by atoms with Crippen molar-refractivity contribution in [3.05, 3.63) is 0 Å². The summed E-state index contributed by atoms with van der Waals surface area (Å²) in [5.41, 5.74) is 0.353. The van der Waals surface area contributed by atoms with Crippen LogP contribution >= 0.6 is 0 Å². The monoisotopic (exact) mass is 583 g/mol. The van der Waals surface area contributed by atoms with Crippen LogP contribution in [0.25, 0.3) is 0 Å². The molecule has 0 spiro atoms. The van der Waals surface area contributed by atoms with Crippen molar-refractivity contribution < 1.29 is 32.9 Å². The first-order valence-corrected chi connectivity index (χ1v) is 17.6. The van der Waals surface area contributed by atoms with Gasteiger partial charge in [0.1, 0.15) is 0 Å². The molecule has 0 aromatic rings. The smallest absolute Gasteiger partial charge is 0.322 e. The third-order valence-electron chi connectivity index (χ3n) is 12.7. The van der Waals surface area contributed by atoms with Crippen LogP contribution in [0.5, 0.6) is 0 Å². The Morgan fingerprint density at radius 3 is 2.40 bits per heavy atom. The number of hydrogen-bond donors (Lipinski definition) is 2. The van der Waals surface area contributed by atoms with Gasteiger partial charge in [0.15, 0.2) is 5.75 Å². The lowest BCUT2D eigenvalue weighted by Gasteiger charge is -2.64. The predicted octanol–water partition coefficient (Wildman–Crippen LogP) is 3.84. The summed E-state index contributed by atoms with van der Waals surface area (Å²) in [6, 6.07) is 0. The maximum Gasteiger partial charge on any atom is 0.322 e. The number of fused-ring (bicyclic) bond motifs is 5. The predicted molar refractivity (Wildman–Crippen MR) is 153 cm³/mol. The van der Waals surface area contributed by atoms with E-state index in [0.29, 0.717) is 48.7 Å². The number of hydrogen-bond acceptors (Lipinski definition) is 7. The molecule has 2 N–H and O–H groups in total. The zero-order valence-electron chi connectivity index (χ0n) is 25.1. The molecule has 4 saturated carbocycles. The minimum atomic E-state index is -3.67. The topological polar surface area (TPSA) is 113 Å². The number of carbonyl (C=O) groups is 1. The second-order valence-electron chi connectivity index (χ2n) is 14.4. The molecule has 0 radical (unpaired) electrons. The molecule has 0 aromatic carbocycles. The van der Waals surface area contributed by atoms with Gasteiger partial charge in [-0.2, -0.15) is 4.31 Å². The van der Waals surface area contributed by atoms with Gasteiger partial charge in [-0.3, -0.25) is 4.79 Å². The van der Waals surface area contributed by atoms with Gasteiger partial charge in [0, 0.05) is 13.1 Å². The fourth-order valence-electron chi connectivity index (χ4n) is 10.6. The Hall–Kier alpha value is -0.740. The van der Waals surface area contributed by atoms with E-state index in [1.54, 1.807) is 0 Å². The molecule has 5 aliphatic rings. The summed E-state index contributed by atoms with van der Waals surface area (Å²) in [5, 5.41) is 22.4. The van der Waals surface area contributed by atoms with Gasteiger partial charge in [-0.05, 0) is 104 Å². The van der Waals surface area contributed by atoms with Crippen molar-refractivity contribution in [2.45, 2.75) is 97.7 Å². The van der Waals surface area contributed by atoms with Crippen molar-refractivity contribution in [2.24, 2.45) is 52.3 Å². The van der Waals surface area contributed by atoms with Crippen molar-refractivity contribution >= 4 is 16.0 Å². The van der Waals surface area contributed by atoms with Crippen molar-refractivity contribution in [1.29, 1.82) is 0 Å². The Balaban J connectivity index is 1.21. The van der Waals surface area contributed by atoms with E-state index in [-0.39, 0.29) is 48.7 Å². The van der Waals surface area contributed by atoms with Crippen LogP contribution < -0.4 is 0 Å². The molecule has 0 aromatic heterocycles. The molecule has 1 saturated heterocycles. The Labute approximate surface area is 241 Å². The highest BCUT2D eigenvalue weighted by Crippen LogP contribution is 2.69. The van der Waals surface area contributed by atoms with Gasteiger partial charge in [0.25, 0.3) is 0 Å². The van der Waals surface area contributed by atoms with Gasteiger partial charge in [-0.15, -0.1) is 0 Å². The minimum Gasteiger partial charge on any atom is -0.465 e. The van der Waals surface area contributed by atoms with E-state index in [4.69, 9.17) is 9.47 Å². The van der Waals surface area contributed by atoms with E-state index in [9.17, 15) is 23.4 Å². The molecule has 9 heteroatoms. The lowest BCUT2D eigenvalue weighted by Crippen LogP contribution is -2.62. The standard InChI is InChI=1S/C31H53NO7S/c1-5-22-26-18-21(33)8-11-31(26,4)25-9-12-30(3)23(6-7-24(30)28(25)29(22)35)20(2)10-15-39-27(34)19-40(36,37)32-13-16-38-17-14-32/h20-26,28-29,33,35H,5-19H2,1-4H3/t20-,21-,22-,23-,24+,25+,26+,28+,29-,30-,31-/m1/s1. The lowest BCUT2D eigenvalue weighted by molar-refractivity contribution is -0.203. The third-order valence-corrected chi connectivity index (χ3v) is 14.4. The van der Waals surface area contributed by atoms with E-state index in [2.05, 4.69) is 27.7 Å². The molecule has 230 valence electrons. The highest BCUT2D eigenvalue weighted by Gasteiger charge is 2.64. The molecule has 0 amide bonds. The Bertz CT molecular complexity index is 1020. The van der Waals surface area contributed by atoms with Gasteiger partial charge >= 0.3 is 5.97 Å². The van der Waals surface area contributed by atoms with Crippen LogP contribution in [0, 0.1) is 52.3 Å². The summed E-state index contributed by atoms with van der Waals surface area (Å²) in [5.74, 6) is 1.56. The average molecular weight is 584 g/mol. The van der Waals surface area contributed by atoms with E-state index in [0.717, 1.165) is 51.4 Å². The number of aliphatic hydroxyl groups is 2. The molecule has 11 atom stereocenters. The van der Waals surface area contributed by atoms with Gasteiger partial charge in [0.2, 0.25) is 10.0 Å². The summed E-state index contributed by atoms with van der Waals surface area (Å²) in [6.07, 6.45) is 8.54. The SMILES string of the molecule is CC[C@H]1[C@@H](O)[C@@H]2[C@H](CC[C@]3(C)[C@@H]([C@H](C)CCOC(=O)CS(=O)(=O)N4CCOCC4)CC[C@@H]23)[C@@]2(C)CC[C@@H](O)C[C@@H]12. The molecule has 4 aliphatic carbocycles. The van der Waals surface area contributed by atoms with Crippen molar-refractivity contribution in [1.82, 2.24) is 4.31 Å². The van der Waals surface area contributed by atoms with Crippen molar-refractivity contribution in [2.75, 3.05) is 38.7 Å². The van der Waals surface area contributed by atoms with Crippen LogP contribution in [-0.4, -0.2) is 79.8 Å². The quantitative estimate of drug-likeness (QED) is 0.418. The van der Waals surface area contributed by atoms with Crippen LogP contribution in [0.2, 0.25) is 0 Å². The van der Waals surface area contributed by atoms with Gasteiger partial charge in [-0.25, -0.2) is 8.42 Å². The molecule has 5 rings (SSSR count). The third kappa shape index (κ3) is 5.40. The Kier molecular flexibility index (Phi) is 9.01. The van der Waals surface area contributed by atoms with Crippen molar-refractivity contribution in [3.8, 4) is 0 Å². The molecule has 40 heavy (non-hydrogen) atoms. The number of carbonyl (C=O) groups excluding carboxylic acids is 1. The molecular weight excluding hydrogens is 530 g/mol. The van der Waals surface area contributed by atoms with Gasteiger partial charge in [-0.1, -0.05) is 34.1 Å². The first kappa shape index (κ1) is 30.7. The highest BCUT2D eigenvalue weighted by atomic mass is 32.2.